The number of hydrogen-bond donors (Lipinski definition) is 4. The number of carbonyl (C=O) groups is 3. The fraction of sp³-hybridized carbons (Fsp3) is 0.172. The molecular weight excluding hydrogens is 514 g/mol. The fourth-order valence-corrected chi connectivity index (χ4v) is 5.29. The third kappa shape index (κ3) is 5.71. The van der Waals surface area contributed by atoms with Crippen molar-refractivity contribution >= 4 is 51.8 Å². The largest absolute Gasteiger partial charge is 0.480 e. The zero-order valence-corrected chi connectivity index (χ0v) is 21.7. The highest BCUT2D eigenvalue weighted by molar-refractivity contribution is 7.99. The molecule has 9 nitrogen and oxygen atoms in total. The van der Waals surface area contributed by atoms with Gasteiger partial charge in [-0.25, -0.2) is 4.99 Å². The number of carboxylic acids is 1. The van der Waals surface area contributed by atoms with E-state index >= 15 is 0 Å². The molecule has 0 spiro atoms. The van der Waals surface area contributed by atoms with E-state index in [1.807, 2.05) is 78.9 Å². The molecule has 3 aromatic carbocycles. The van der Waals surface area contributed by atoms with Crippen molar-refractivity contribution in [3.63, 3.8) is 0 Å². The molecule has 10 heteroatoms. The van der Waals surface area contributed by atoms with E-state index in [4.69, 9.17) is 15.8 Å². The van der Waals surface area contributed by atoms with Crippen LogP contribution >= 0.6 is 11.8 Å². The molecule has 0 aliphatic carbocycles. The number of fused-ring (bicyclic) bond motifs is 2. The molecule has 198 valence electrons. The van der Waals surface area contributed by atoms with Crippen molar-refractivity contribution < 1.29 is 19.5 Å². The Morgan fingerprint density at radius 2 is 1.77 bits per heavy atom. The Bertz CT molecular complexity index is 1520. The normalized spacial score (nSPS) is 15.8. The van der Waals surface area contributed by atoms with Gasteiger partial charge in [-0.2, -0.15) is 11.8 Å². The maximum atomic E-state index is 13.9. The second-order valence-electron chi connectivity index (χ2n) is 9.02. The van der Waals surface area contributed by atoms with Gasteiger partial charge in [-0.05, 0) is 18.2 Å². The van der Waals surface area contributed by atoms with E-state index < -0.39 is 24.1 Å². The maximum absolute atomic E-state index is 13.9. The van der Waals surface area contributed by atoms with Gasteiger partial charge >= 0.3 is 5.97 Å². The summed E-state index contributed by atoms with van der Waals surface area (Å²) in [5, 5.41) is 12.8. The topological polar surface area (TPSA) is 141 Å². The molecule has 5 N–H and O–H groups in total. The lowest BCUT2D eigenvalue weighted by Crippen LogP contribution is -2.48. The first kappa shape index (κ1) is 26.2. The summed E-state index contributed by atoms with van der Waals surface area (Å²) in [6.45, 7) is 0.281. The molecule has 0 unspecified atom stereocenters. The SMILES string of the molecule is N[C@@H](CSCCN1C(=O)[C@@H](NC(=O)c2cc3ccccc3[nH]2)N=C(c2ccccc2)c2ccccc21)C(=O)O. The van der Waals surface area contributed by atoms with Crippen LogP contribution in [-0.2, 0) is 9.59 Å². The van der Waals surface area contributed by atoms with Crippen molar-refractivity contribution in [1.82, 2.24) is 10.3 Å². The number of amides is 2. The number of rotatable bonds is 9. The monoisotopic (exact) mass is 541 g/mol. The number of aliphatic carboxylic acids is 1. The molecule has 39 heavy (non-hydrogen) atoms. The van der Waals surface area contributed by atoms with Crippen LogP contribution in [0, 0.1) is 0 Å². The van der Waals surface area contributed by atoms with Crippen LogP contribution in [0.4, 0.5) is 5.69 Å². The van der Waals surface area contributed by atoms with Gasteiger partial charge in [0.2, 0.25) is 6.17 Å². The molecule has 1 aliphatic heterocycles. The summed E-state index contributed by atoms with van der Waals surface area (Å²) in [5.41, 5.74) is 9.59. The first-order valence-electron chi connectivity index (χ1n) is 12.4. The molecule has 5 rings (SSSR count). The lowest BCUT2D eigenvalue weighted by Gasteiger charge is -2.25. The molecule has 0 radical (unpaired) electrons. The first-order chi connectivity index (χ1) is 18.9. The van der Waals surface area contributed by atoms with E-state index in [1.54, 1.807) is 11.0 Å². The molecule has 0 saturated heterocycles. The van der Waals surface area contributed by atoms with Crippen LogP contribution in [0.2, 0.25) is 0 Å². The highest BCUT2D eigenvalue weighted by atomic mass is 32.2. The number of H-pyrrole nitrogens is 1. The maximum Gasteiger partial charge on any atom is 0.321 e. The summed E-state index contributed by atoms with van der Waals surface area (Å²) in [6, 6.07) is 25.3. The lowest BCUT2D eigenvalue weighted by molar-refractivity contribution is -0.137. The molecule has 0 fully saturated rings. The van der Waals surface area contributed by atoms with Gasteiger partial charge in [0.15, 0.2) is 0 Å². The second kappa shape index (κ2) is 11.5. The zero-order valence-electron chi connectivity index (χ0n) is 20.9. The number of thioether (sulfide) groups is 1. The van der Waals surface area contributed by atoms with Crippen molar-refractivity contribution in [2.45, 2.75) is 12.2 Å². The van der Waals surface area contributed by atoms with Crippen LogP contribution in [0.25, 0.3) is 10.9 Å². The highest BCUT2D eigenvalue weighted by Gasteiger charge is 2.33. The average Bonchev–Trinajstić information content (AvgIpc) is 3.36. The number of nitrogens with one attached hydrogen (secondary N) is 2. The van der Waals surface area contributed by atoms with Crippen LogP contribution in [-0.4, -0.2) is 63.8 Å². The van der Waals surface area contributed by atoms with Gasteiger partial charge in [0, 0.05) is 40.1 Å². The number of aliphatic imine (C=N–C) groups is 1. The van der Waals surface area contributed by atoms with E-state index in [-0.39, 0.29) is 18.2 Å². The minimum atomic E-state index is -1.18. The number of aromatic nitrogens is 1. The Labute approximate surface area is 229 Å². The predicted octanol–water partition coefficient (Wildman–Crippen LogP) is 3.25. The van der Waals surface area contributed by atoms with E-state index in [0.29, 0.717) is 22.8 Å². The Morgan fingerprint density at radius 1 is 1.05 bits per heavy atom. The summed E-state index contributed by atoms with van der Waals surface area (Å²) >= 11 is 1.35. The number of nitrogens with zero attached hydrogens (tertiary/aromatic N) is 2. The standard InChI is InChI=1S/C29H27N5O4S/c30-21(29(37)38)17-39-15-14-34-24-13-7-5-11-20(24)25(18-8-2-1-3-9-18)32-26(28(34)36)33-27(35)23-16-19-10-4-6-12-22(19)31-23/h1-13,16,21,26,31H,14-15,17,30H2,(H,33,35)(H,37,38)/t21-,26+/m0/s1. The van der Waals surface area contributed by atoms with Crippen LogP contribution < -0.4 is 16.0 Å². The number of para-hydroxylation sites is 2. The molecule has 2 heterocycles. The molecule has 0 saturated carbocycles. The lowest BCUT2D eigenvalue weighted by atomic mass is 10.0. The minimum absolute atomic E-state index is 0.214. The van der Waals surface area contributed by atoms with Crippen LogP contribution in [0.15, 0.2) is 89.9 Å². The second-order valence-corrected chi connectivity index (χ2v) is 10.2. The Hall–Kier alpha value is -4.41. The molecule has 2 amide bonds. The van der Waals surface area contributed by atoms with Gasteiger partial charge in [0.05, 0.1) is 11.4 Å². The zero-order chi connectivity index (χ0) is 27.4. The van der Waals surface area contributed by atoms with Gasteiger partial charge in [0.25, 0.3) is 11.8 Å². The smallest absolute Gasteiger partial charge is 0.321 e. The van der Waals surface area contributed by atoms with Crippen molar-refractivity contribution in [2.75, 3.05) is 23.0 Å². The van der Waals surface area contributed by atoms with Crippen molar-refractivity contribution in [3.05, 3.63) is 102 Å². The van der Waals surface area contributed by atoms with Gasteiger partial charge in [-0.1, -0.05) is 66.7 Å². The third-order valence-electron chi connectivity index (χ3n) is 6.37. The fourth-order valence-electron chi connectivity index (χ4n) is 4.42. The number of hydrogen-bond acceptors (Lipinski definition) is 6. The van der Waals surface area contributed by atoms with E-state index in [0.717, 1.165) is 22.0 Å². The average molecular weight is 542 g/mol. The summed E-state index contributed by atoms with van der Waals surface area (Å²) < 4.78 is 0. The number of carbonyl (C=O) groups excluding carboxylic acids is 2. The van der Waals surface area contributed by atoms with Gasteiger partial charge < -0.3 is 26.0 Å². The number of benzodiazepines with no additional fused rings is 1. The summed E-state index contributed by atoms with van der Waals surface area (Å²) in [4.78, 5) is 47.8. The Kier molecular flexibility index (Phi) is 7.76. The molecule has 4 aromatic rings. The molecule has 1 aromatic heterocycles. The van der Waals surface area contributed by atoms with E-state index in [2.05, 4.69) is 10.3 Å². The summed E-state index contributed by atoms with van der Waals surface area (Å²) in [6.07, 6.45) is -1.18. The number of carboxylic acid groups (broad SMARTS) is 1. The third-order valence-corrected chi connectivity index (χ3v) is 7.44. The molecule has 1 aliphatic rings. The predicted molar refractivity (Wildman–Crippen MR) is 153 cm³/mol. The number of anilines is 1. The van der Waals surface area contributed by atoms with Crippen molar-refractivity contribution in [2.24, 2.45) is 10.7 Å². The summed E-state index contributed by atoms with van der Waals surface area (Å²) in [7, 11) is 0. The van der Waals surface area contributed by atoms with Crippen LogP contribution in [0.1, 0.15) is 21.6 Å². The van der Waals surface area contributed by atoms with E-state index in [1.165, 1.54) is 11.8 Å². The van der Waals surface area contributed by atoms with Crippen molar-refractivity contribution in [3.8, 4) is 0 Å². The highest BCUT2D eigenvalue weighted by Crippen LogP contribution is 2.28. The molecule has 2 atom stereocenters. The van der Waals surface area contributed by atoms with E-state index in [9.17, 15) is 14.4 Å². The van der Waals surface area contributed by atoms with Gasteiger partial charge in [-0.15, -0.1) is 0 Å². The van der Waals surface area contributed by atoms with Gasteiger partial charge in [0.1, 0.15) is 11.7 Å². The number of nitrogens with two attached hydrogens (primary N) is 1. The van der Waals surface area contributed by atoms with Crippen LogP contribution in [0.3, 0.4) is 0 Å². The number of benzene rings is 3. The van der Waals surface area contributed by atoms with Gasteiger partial charge in [-0.3, -0.25) is 14.4 Å². The minimum Gasteiger partial charge on any atom is -0.480 e. The van der Waals surface area contributed by atoms with Crippen molar-refractivity contribution in [1.29, 1.82) is 0 Å². The Balaban J connectivity index is 1.48. The van der Waals surface area contributed by atoms with Crippen LogP contribution in [0.5, 0.6) is 0 Å². The molecular formula is C29H27N5O4S. The number of aromatic amines is 1. The summed E-state index contributed by atoms with van der Waals surface area (Å²) in [5.74, 6) is -1.25. The Morgan fingerprint density at radius 3 is 2.54 bits per heavy atom. The quantitative estimate of drug-likeness (QED) is 0.240. The molecule has 0 bridgehead atoms. The first-order valence-corrected chi connectivity index (χ1v) is 13.6.